The van der Waals surface area contributed by atoms with Crippen LogP contribution in [0.15, 0.2) is 12.1 Å². The number of methoxy groups -OCH3 is 2. The van der Waals surface area contributed by atoms with Crippen molar-refractivity contribution in [3.63, 3.8) is 0 Å². The zero-order chi connectivity index (χ0) is 11.6. The summed E-state index contributed by atoms with van der Waals surface area (Å²) in [5.41, 5.74) is -0.418. The van der Waals surface area contributed by atoms with E-state index in [1.807, 2.05) is 0 Å². The lowest BCUT2D eigenvalue weighted by molar-refractivity contribution is 0.0754. The predicted octanol–water partition coefficient (Wildman–Crippen LogP) is 2.58. The van der Waals surface area contributed by atoms with Gasteiger partial charge in [0.25, 0.3) is 0 Å². The van der Waals surface area contributed by atoms with Crippen molar-refractivity contribution < 1.29 is 14.6 Å². The van der Waals surface area contributed by atoms with E-state index < -0.39 is 5.60 Å². The van der Waals surface area contributed by atoms with Crippen molar-refractivity contribution in [2.45, 2.75) is 19.4 Å². The molecule has 0 fully saturated rings. The lowest BCUT2D eigenvalue weighted by Gasteiger charge is -2.22. The van der Waals surface area contributed by atoms with Crippen LogP contribution in [-0.2, 0) is 5.60 Å². The zero-order valence-corrected chi connectivity index (χ0v) is 10.1. The summed E-state index contributed by atoms with van der Waals surface area (Å²) in [6.07, 6.45) is 0. The molecule has 0 unspecified atom stereocenters. The van der Waals surface area contributed by atoms with Gasteiger partial charge in [-0.1, -0.05) is 11.6 Å². The second kappa shape index (κ2) is 4.29. The van der Waals surface area contributed by atoms with Crippen LogP contribution < -0.4 is 9.47 Å². The molecule has 15 heavy (non-hydrogen) atoms. The van der Waals surface area contributed by atoms with Gasteiger partial charge < -0.3 is 14.6 Å². The van der Waals surface area contributed by atoms with Gasteiger partial charge in [-0.05, 0) is 19.9 Å². The average Bonchev–Trinajstić information content (AvgIpc) is 2.15. The highest BCUT2D eigenvalue weighted by atomic mass is 35.5. The Labute approximate surface area is 94.6 Å². The number of benzene rings is 1. The van der Waals surface area contributed by atoms with Crippen molar-refractivity contribution in [1.29, 1.82) is 0 Å². The van der Waals surface area contributed by atoms with E-state index in [2.05, 4.69) is 0 Å². The molecular weight excluding hydrogens is 216 g/mol. The molecule has 0 heterocycles. The Hall–Kier alpha value is -0.930. The number of hydrogen-bond donors (Lipinski definition) is 1. The number of ether oxygens (including phenoxy) is 2. The van der Waals surface area contributed by atoms with Crippen LogP contribution in [0.2, 0.25) is 5.02 Å². The molecule has 0 saturated heterocycles. The molecule has 84 valence electrons. The van der Waals surface area contributed by atoms with E-state index >= 15 is 0 Å². The van der Waals surface area contributed by atoms with Gasteiger partial charge in [-0.2, -0.15) is 0 Å². The molecule has 1 N–H and O–H groups in total. The van der Waals surface area contributed by atoms with Crippen molar-refractivity contribution in [3.8, 4) is 11.5 Å². The Morgan fingerprint density at radius 3 is 2.20 bits per heavy atom. The van der Waals surface area contributed by atoms with Gasteiger partial charge in [-0.15, -0.1) is 0 Å². The van der Waals surface area contributed by atoms with Crippen LogP contribution in [0, 0.1) is 0 Å². The molecule has 0 aromatic heterocycles. The number of aliphatic hydroxyl groups is 1. The summed E-state index contributed by atoms with van der Waals surface area (Å²) < 4.78 is 10.2. The van der Waals surface area contributed by atoms with Gasteiger partial charge >= 0.3 is 0 Å². The Morgan fingerprint density at radius 1 is 1.20 bits per heavy atom. The van der Waals surface area contributed by atoms with Gasteiger partial charge in [0.1, 0.15) is 11.5 Å². The summed E-state index contributed by atoms with van der Waals surface area (Å²) in [5.74, 6) is 1.07. The third-order valence-electron chi connectivity index (χ3n) is 2.12. The van der Waals surface area contributed by atoms with Crippen LogP contribution in [0.1, 0.15) is 19.4 Å². The minimum atomic E-state index is -1.02. The van der Waals surface area contributed by atoms with E-state index in [1.54, 1.807) is 33.1 Å². The second-order valence-corrected chi connectivity index (χ2v) is 4.16. The molecular formula is C11H15ClO3. The second-order valence-electron chi connectivity index (χ2n) is 3.75. The fourth-order valence-corrected chi connectivity index (χ4v) is 1.63. The summed E-state index contributed by atoms with van der Waals surface area (Å²) in [4.78, 5) is 0. The molecule has 0 radical (unpaired) electrons. The summed E-state index contributed by atoms with van der Waals surface area (Å²) >= 11 is 6.00. The van der Waals surface area contributed by atoms with E-state index in [1.165, 1.54) is 7.11 Å². The lowest BCUT2D eigenvalue weighted by atomic mass is 9.97. The fraction of sp³-hybridized carbons (Fsp3) is 0.455. The molecule has 0 aliphatic carbocycles. The van der Waals surface area contributed by atoms with Gasteiger partial charge in [0.15, 0.2) is 0 Å². The number of rotatable bonds is 3. The van der Waals surface area contributed by atoms with Crippen molar-refractivity contribution in [3.05, 3.63) is 22.7 Å². The van der Waals surface area contributed by atoms with Gasteiger partial charge in [0.2, 0.25) is 0 Å². The molecule has 1 aromatic rings. The Morgan fingerprint density at radius 2 is 1.80 bits per heavy atom. The van der Waals surface area contributed by atoms with Crippen LogP contribution in [-0.4, -0.2) is 19.3 Å². The van der Waals surface area contributed by atoms with Gasteiger partial charge in [0.05, 0.1) is 24.8 Å². The first-order valence-electron chi connectivity index (χ1n) is 4.54. The van der Waals surface area contributed by atoms with Crippen LogP contribution in [0.3, 0.4) is 0 Å². The largest absolute Gasteiger partial charge is 0.497 e. The highest BCUT2D eigenvalue weighted by Gasteiger charge is 2.23. The fourth-order valence-electron chi connectivity index (χ4n) is 1.35. The third-order valence-corrected chi connectivity index (χ3v) is 2.40. The molecule has 3 nitrogen and oxygen atoms in total. The van der Waals surface area contributed by atoms with Gasteiger partial charge in [-0.25, -0.2) is 0 Å². The summed E-state index contributed by atoms with van der Waals surface area (Å²) in [7, 11) is 3.06. The van der Waals surface area contributed by atoms with E-state index in [0.717, 1.165) is 0 Å². The minimum Gasteiger partial charge on any atom is -0.497 e. The SMILES string of the molecule is COc1cc(Cl)c(OC)c(C(C)(C)O)c1. The van der Waals surface area contributed by atoms with Gasteiger partial charge in [-0.3, -0.25) is 0 Å². The monoisotopic (exact) mass is 230 g/mol. The van der Waals surface area contributed by atoms with Gasteiger partial charge in [0, 0.05) is 11.6 Å². The average molecular weight is 231 g/mol. The van der Waals surface area contributed by atoms with Crippen LogP contribution in [0.25, 0.3) is 0 Å². The van der Waals surface area contributed by atoms with Crippen molar-refractivity contribution in [2.24, 2.45) is 0 Å². The standard InChI is InChI=1S/C11H15ClO3/c1-11(2,13)8-5-7(14-3)6-9(12)10(8)15-4/h5-6,13H,1-4H3. The van der Waals surface area contributed by atoms with Crippen molar-refractivity contribution >= 4 is 11.6 Å². The quantitative estimate of drug-likeness (QED) is 0.868. The Balaban J connectivity index is 3.39. The third kappa shape index (κ3) is 2.55. The molecule has 0 atom stereocenters. The molecule has 0 spiro atoms. The smallest absolute Gasteiger partial charge is 0.143 e. The van der Waals surface area contributed by atoms with Crippen LogP contribution >= 0.6 is 11.6 Å². The summed E-state index contributed by atoms with van der Waals surface area (Å²) in [5, 5.41) is 10.4. The molecule has 1 aromatic carbocycles. The minimum absolute atomic E-state index is 0.425. The highest BCUT2D eigenvalue weighted by molar-refractivity contribution is 6.32. The maximum Gasteiger partial charge on any atom is 0.143 e. The van der Waals surface area contributed by atoms with Crippen molar-refractivity contribution in [2.75, 3.05) is 14.2 Å². The van der Waals surface area contributed by atoms with Crippen molar-refractivity contribution in [1.82, 2.24) is 0 Å². The first-order valence-corrected chi connectivity index (χ1v) is 4.92. The van der Waals surface area contributed by atoms with E-state index in [9.17, 15) is 5.11 Å². The molecule has 0 aliphatic rings. The number of halogens is 1. The van der Waals surface area contributed by atoms with Crippen LogP contribution in [0.4, 0.5) is 0 Å². The first kappa shape index (κ1) is 12.1. The Kier molecular flexibility index (Phi) is 3.47. The highest BCUT2D eigenvalue weighted by Crippen LogP contribution is 2.38. The molecule has 1 rings (SSSR count). The predicted molar refractivity (Wildman–Crippen MR) is 59.8 cm³/mol. The number of hydrogen-bond acceptors (Lipinski definition) is 3. The maximum atomic E-state index is 9.95. The topological polar surface area (TPSA) is 38.7 Å². The first-order chi connectivity index (χ1) is 6.90. The zero-order valence-electron chi connectivity index (χ0n) is 9.30. The van der Waals surface area contributed by atoms with E-state index in [-0.39, 0.29) is 0 Å². The lowest BCUT2D eigenvalue weighted by Crippen LogP contribution is -2.17. The van der Waals surface area contributed by atoms with E-state index in [4.69, 9.17) is 21.1 Å². The van der Waals surface area contributed by atoms with Crippen LogP contribution in [0.5, 0.6) is 11.5 Å². The summed E-state index contributed by atoms with van der Waals surface area (Å²) in [6.45, 7) is 3.33. The maximum absolute atomic E-state index is 9.95. The van der Waals surface area contributed by atoms with E-state index in [0.29, 0.717) is 22.1 Å². The normalized spacial score (nSPS) is 11.3. The molecule has 0 amide bonds. The Bertz CT molecular complexity index is 356. The summed E-state index contributed by atoms with van der Waals surface area (Å²) in [6, 6.07) is 3.36. The molecule has 0 aliphatic heterocycles. The molecule has 0 bridgehead atoms. The molecule has 4 heteroatoms. The molecule has 0 saturated carbocycles.